The van der Waals surface area contributed by atoms with Crippen molar-refractivity contribution in [3.8, 4) is 11.1 Å². The predicted molar refractivity (Wildman–Crippen MR) is 107 cm³/mol. The zero-order chi connectivity index (χ0) is 18.4. The van der Waals surface area contributed by atoms with Gasteiger partial charge in [-0.25, -0.2) is 4.39 Å². The Hall–Kier alpha value is -1.93. The van der Waals surface area contributed by atoms with Crippen molar-refractivity contribution in [1.29, 1.82) is 0 Å². The fourth-order valence-electron chi connectivity index (χ4n) is 4.09. The molecule has 1 fully saturated rings. The van der Waals surface area contributed by atoms with Crippen LogP contribution in [0.4, 0.5) is 4.39 Å². The third-order valence-corrected chi connectivity index (χ3v) is 5.69. The van der Waals surface area contributed by atoms with E-state index >= 15 is 0 Å². The highest BCUT2D eigenvalue weighted by Crippen LogP contribution is 2.38. The van der Waals surface area contributed by atoms with Gasteiger partial charge in [0.25, 0.3) is 0 Å². The molecule has 1 aliphatic rings. The van der Waals surface area contributed by atoms with Crippen LogP contribution in [0, 0.1) is 11.7 Å². The molecular formula is C24H29FO. The van der Waals surface area contributed by atoms with Crippen molar-refractivity contribution in [1.82, 2.24) is 0 Å². The Morgan fingerprint density at radius 3 is 2.35 bits per heavy atom. The highest BCUT2D eigenvalue weighted by molar-refractivity contribution is 5.64. The number of allylic oxidation sites excluding steroid dienone is 1. The first-order valence-corrected chi connectivity index (χ1v) is 9.70. The largest absolute Gasteiger partial charge is 0.380 e. The van der Waals surface area contributed by atoms with Gasteiger partial charge in [-0.2, -0.15) is 0 Å². The molecule has 0 unspecified atom stereocenters. The number of hydrogen-bond acceptors (Lipinski definition) is 1. The Kier molecular flexibility index (Phi) is 6.62. The van der Waals surface area contributed by atoms with Gasteiger partial charge in [0, 0.05) is 12.7 Å². The minimum absolute atomic E-state index is 0.203. The summed E-state index contributed by atoms with van der Waals surface area (Å²) in [6.45, 7) is 4.14. The van der Waals surface area contributed by atoms with Gasteiger partial charge >= 0.3 is 0 Å². The lowest BCUT2D eigenvalue weighted by Gasteiger charge is -2.28. The number of benzene rings is 2. The van der Waals surface area contributed by atoms with Crippen LogP contribution in [-0.4, -0.2) is 7.11 Å². The summed E-state index contributed by atoms with van der Waals surface area (Å²) in [7, 11) is 1.58. The maximum Gasteiger partial charge on any atom is 0.129 e. The Labute approximate surface area is 156 Å². The second-order valence-corrected chi connectivity index (χ2v) is 7.44. The second kappa shape index (κ2) is 9.14. The summed E-state index contributed by atoms with van der Waals surface area (Å²) in [5.74, 6) is 1.34. The molecule has 26 heavy (non-hydrogen) atoms. The number of ether oxygens (including phenoxy) is 1. The third-order valence-electron chi connectivity index (χ3n) is 5.69. The molecule has 1 aliphatic carbocycles. The minimum atomic E-state index is -0.203. The van der Waals surface area contributed by atoms with E-state index in [0.717, 1.165) is 23.5 Å². The van der Waals surface area contributed by atoms with E-state index < -0.39 is 0 Å². The average Bonchev–Trinajstić information content (AvgIpc) is 2.69. The fraction of sp³-hybridized carbons (Fsp3) is 0.417. The highest BCUT2D eigenvalue weighted by atomic mass is 19.1. The van der Waals surface area contributed by atoms with E-state index in [1.54, 1.807) is 13.2 Å². The van der Waals surface area contributed by atoms with Crippen molar-refractivity contribution in [2.45, 2.75) is 51.0 Å². The molecule has 0 bridgehead atoms. The number of halogens is 1. The molecule has 2 heteroatoms. The maximum atomic E-state index is 14.1. The van der Waals surface area contributed by atoms with Crippen LogP contribution in [0.15, 0.2) is 55.1 Å². The van der Waals surface area contributed by atoms with Crippen LogP contribution in [0.3, 0.4) is 0 Å². The average molecular weight is 352 g/mol. The Morgan fingerprint density at radius 2 is 1.73 bits per heavy atom. The lowest BCUT2D eigenvalue weighted by molar-refractivity contribution is 0.181. The molecule has 0 atom stereocenters. The molecule has 1 saturated carbocycles. The van der Waals surface area contributed by atoms with Gasteiger partial charge in [-0.15, -0.1) is 6.58 Å². The molecule has 2 aromatic rings. The van der Waals surface area contributed by atoms with Gasteiger partial charge in [0.1, 0.15) is 5.82 Å². The van der Waals surface area contributed by atoms with Gasteiger partial charge in [-0.1, -0.05) is 42.5 Å². The summed E-state index contributed by atoms with van der Waals surface area (Å²) in [4.78, 5) is 0. The fourth-order valence-corrected chi connectivity index (χ4v) is 4.09. The number of hydrogen-bond donors (Lipinski definition) is 0. The van der Waals surface area contributed by atoms with Crippen LogP contribution < -0.4 is 0 Å². The molecule has 3 rings (SSSR count). The van der Waals surface area contributed by atoms with E-state index in [-0.39, 0.29) is 5.82 Å². The van der Waals surface area contributed by atoms with Crippen molar-refractivity contribution in [2.24, 2.45) is 5.92 Å². The van der Waals surface area contributed by atoms with E-state index in [2.05, 4.69) is 30.8 Å². The minimum Gasteiger partial charge on any atom is -0.380 e. The van der Waals surface area contributed by atoms with Gasteiger partial charge in [-0.3, -0.25) is 0 Å². The summed E-state index contributed by atoms with van der Waals surface area (Å²) in [5.41, 5.74) is 4.01. The summed E-state index contributed by atoms with van der Waals surface area (Å²) >= 11 is 0. The predicted octanol–water partition coefficient (Wildman–Crippen LogP) is 6.88. The molecule has 0 aliphatic heterocycles. The lowest BCUT2D eigenvalue weighted by atomic mass is 9.77. The summed E-state index contributed by atoms with van der Waals surface area (Å²) in [6.07, 6.45) is 9.68. The van der Waals surface area contributed by atoms with Gasteiger partial charge in [-0.05, 0) is 73.1 Å². The molecule has 0 saturated heterocycles. The molecular weight excluding hydrogens is 323 g/mol. The normalized spacial score (nSPS) is 20.1. The number of methoxy groups -OCH3 is 1. The molecule has 0 amide bonds. The Bertz CT molecular complexity index is 711. The number of rotatable bonds is 7. The summed E-state index contributed by atoms with van der Waals surface area (Å²) in [6, 6.07) is 14.1. The Balaban J connectivity index is 1.64. The molecule has 0 spiro atoms. The molecule has 2 aromatic carbocycles. The van der Waals surface area contributed by atoms with E-state index in [1.807, 2.05) is 18.2 Å². The molecule has 0 radical (unpaired) electrons. The first kappa shape index (κ1) is 18.8. The second-order valence-electron chi connectivity index (χ2n) is 7.44. The van der Waals surface area contributed by atoms with Gasteiger partial charge < -0.3 is 4.74 Å². The monoisotopic (exact) mass is 352 g/mol. The van der Waals surface area contributed by atoms with Gasteiger partial charge in [0.15, 0.2) is 0 Å². The molecule has 138 valence electrons. The van der Waals surface area contributed by atoms with Crippen LogP contribution in [0.2, 0.25) is 0 Å². The zero-order valence-electron chi connectivity index (χ0n) is 15.7. The Morgan fingerprint density at radius 1 is 1.04 bits per heavy atom. The topological polar surface area (TPSA) is 9.23 Å². The summed E-state index contributed by atoms with van der Waals surface area (Å²) < 4.78 is 19.2. The zero-order valence-corrected chi connectivity index (χ0v) is 15.7. The van der Waals surface area contributed by atoms with Crippen molar-refractivity contribution in [3.63, 3.8) is 0 Å². The summed E-state index contributed by atoms with van der Waals surface area (Å²) in [5, 5.41) is 0. The van der Waals surface area contributed by atoms with Gasteiger partial charge in [0.2, 0.25) is 0 Å². The van der Waals surface area contributed by atoms with Crippen molar-refractivity contribution < 1.29 is 9.13 Å². The van der Waals surface area contributed by atoms with Crippen LogP contribution in [0.25, 0.3) is 11.1 Å². The van der Waals surface area contributed by atoms with E-state index in [9.17, 15) is 4.39 Å². The van der Waals surface area contributed by atoms with Crippen molar-refractivity contribution >= 4 is 0 Å². The highest BCUT2D eigenvalue weighted by Gasteiger charge is 2.21. The SMILES string of the molecule is C=CCC[C@H]1CC[C@H](c2ccc(-c3ccc(COC)c(F)c3)cc2)CC1. The van der Waals surface area contributed by atoms with Crippen molar-refractivity contribution in [3.05, 3.63) is 72.1 Å². The van der Waals surface area contributed by atoms with Crippen LogP contribution >= 0.6 is 0 Å². The van der Waals surface area contributed by atoms with Crippen LogP contribution in [0.1, 0.15) is 55.6 Å². The smallest absolute Gasteiger partial charge is 0.129 e. The first-order chi connectivity index (χ1) is 12.7. The quantitative estimate of drug-likeness (QED) is 0.494. The van der Waals surface area contributed by atoms with Crippen molar-refractivity contribution in [2.75, 3.05) is 7.11 Å². The standard InChI is InChI=1S/C24H29FO/c1-3-4-5-18-6-8-19(9-7-18)20-10-12-21(13-11-20)22-14-15-23(17-26-2)24(25)16-22/h3,10-16,18-19H,1,4-9,17H2,2H3/t18-,19-. The molecule has 0 heterocycles. The van der Waals surface area contributed by atoms with Gasteiger partial charge in [0.05, 0.1) is 6.61 Å². The molecule has 0 N–H and O–H groups in total. The first-order valence-electron chi connectivity index (χ1n) is 9.70. The van der Waals surface area contributed by atoms with Crippen LogP contribution in [-0.2, 0) is 11.3 Å². The van der Waals surface area contributed by atoms with Crippen LogP contribution in [0.5, 0.6) is 0 Å². The lowest BCUT2D eigenvalue weighted by Crippen LogP contribution is -2.13. The van der Waals surface area contributed by atoms with E-state index in [4.69, 9.17) is 4.74 Å². The molecule has 0 aromatic heterocycles. The maximum absolute atomic E-state index is 14.1. The molecule has 1 nitrogen and oxygen atoms in total. The van der Waals surface area contributed by atoms with E-state index in [1.165, 1.54) is 37.7 Å². The van der Waals surface area contributed by atoms with E-state index in [0.29, 0.717) is 18.1 Å². The third kappa shape index (κ3) is 4.62.